The minimum absolute atomic E-state index is 0.0208. The zero-order chi connectivity index (χ0) is 7.40. The Labute approximate surface area is 60.3 Å². The molecule has 3 heteroatoms. The van der Waals surface area contributed by atoms with Crippen LogP contribution in [0.4, 0.5) is 0 Å². The predicted octanol–water partition coefficient (Wildman–Crippen LogP) is 0.728. The van der Waals surface area contributed by atoms with E-state index in [-0.39, 0.29) is 12.1 Å². The third-order valence-electron chi connectivity index (χ3n) is 1.47. The molecule has 1 saturated heterocycles. The largest absolute Gasteiger partial charge is 0.460 e. The molecule has 0 amide bonds. The Bertz CT molecular complexity index is 116. The highest BCUT2D eigenvalue weighted by Gasteiger charge is 2.18. The maximum absolute atomic E-state index is 10.7. The van der Waals surface area contributed by atoms with Gasteiger partial charge in [-0.1, -0.05) is 6.92 Å². The second kappa shape index (κ2) is 3.56. The van der Waals surface area contributed by atoms with Crippen LogP contribution >= 0.6 is 0 Å². The summed E-state index contributed by atoms with van der Waals surface area (Å²) in [5, 5.41) is 0. The zero-order valence-electron chi connectivity index (χ0n) is 6.13. The number of rotatable bonds is 2. The predicted molar refractivity (Wildman–Crippen MR) is 35.6 cm³/mol. The van der Waals surface area contributed by atoms with Gasteiger partial charge in [0, 0.05) is 12.8 Å². The first kappa shape index (κ1) is 7.54. The third-order valence-corrected chi connectivity index (χ3v) is 1.47. The summed E-state index contributed by atoms with van der Waals surface area (Å²) in [4.78, 5) is 10.7. The monoisotopic (exact) mass is 144 g/mol. The van der Waals surface area contributed by atoms with Gasteiger partial charge >= 0.3 is 5.97 Å². The van der Waals surface area contributed by atoms with Crippen molar-refractivity contribution in [2.24, 2.45) is 0 Å². The number of ether oxygens (including phenoxy) is 2. The van der Waals surface area contributed by atoms with Crippen LogP contribution in [0, 0.1) is 0 Å². The van der Waals surface area contributed by atoms with Crippen molar-refractivity contribution in [3.8, 4) is 0 Å². The molecule has 1 heterocycles. The highest BCUT2D eigenvalue weighted by molar-refractivity contribution is 5.69. The second-order valence-electron chi connectivity index (χ2n) is 2.33. The quantitative estimate of drug-likeness (QED) is 0.536. The average Bonchev–Trinajstić information content (AvgIpc) is 2.40. The molecule has 1 rings (SSSR count). The molecule has 0 radical (unpaired) electrons. The molecule has 0 aliphatic carbocycles. The normalized spacial score (nSPS) is 24.7. The van der Waals surface area contributed by atoms with Crippen molar-refractivity contribution in [1.82, 2.24) is 0 Å². The Balaban J connectivity index is 2.17. The van der Waals surface area contributed by atoms with E-state index in [9.17, 15) is 4.79 Å². The smallest absolute Gasteiger partial charge is 0.305 e. The van der Waals surface area contributed by atoms with Crippen molar-refractivity contribution in [1.29, 1.82) is 0 Å². The number of hydrogen-bond donors (Lipinski definition) is 0. The Morgan fingerprint density at radius 1 is 1.80 bits per heavy atom. The molecule has 1 atom stereocenters. The van der Waals surface area contributed by atoms with E-state index < -0.39 is 0 Å². The molecule has 3 nitrogen and oxygen atoms in total. The lowest BCUT2D eigenvalue weighted by Gasteiger charge is -2.07. The van der Waals surface area contributed by atoms with Crippen LogP contribution in [0.5, 0.6) is 0 Å². The van der Waals surface area contributed by atoms with Gasteiger partial charge in [0.25, 0.3) is 0 Å². The first-order chi connectivity index (χ1) is 4.83. The van der Waals surface area contributed by atoms with E-state index in [1.807, 2.05) is 0 Å². The molecule has 0 aromatic rings. The lowest BCUT2D eigenvalue weighted by atomic mass is 10.3. The molecular formula is C7H12O3. The molecule has 0 aromatic carbocycles. The Morgan fingerprint density at radius 2 is 2.60 bits per heavy atom. The third kappa shape index (κ3) is 1.99. The molecule has 1 aliphatic heterocycles. The molecule has 0 aromatic heterocycles. The highest BCUT2D eigenvalue weighted by atomic mass is 16.6. The van der Waals surface area contributed by atoms with E-state index in [1.54, 1.807) is 6.92 Å². The van der Waals surface area contributed by atoms with Crippen LogP contribution in [0.3, 0.4) is 0 Å². The molecule has 0 bridgehead atoms. The molecule has 1 fully saturated rings. The molecule has 10 heavy (non-hydrogen) atoms. The molecule has 58 valence electrons. The summed E-state index contributed by atoms with van der Waals surface area (Å²) in [7, 11) is 0. The Morgan fingerprint density at radius 3 is 3.10 bits per heavy atom. The maximum atomic E-state index is 10.7. The van der Waals surface area contributed by atoms with Crippen molar-refractivity contribution >= 4 is 5.97 Å². The lowest BCUT2D eigenvalue weighted by Crippen LogP contribution is -2.16. The molecular weight excluding hydrogens is 132 g/mol. The molecule has 0 N–H and O–H groups in total. The van der Waals surface area contributed by atoms with Gasteiger partial charge in [-0.2, -0.15) is 0 Å². The number of hydrogen-bond acceptors (Lipinski definition) is 3. The van der Waals surface area contributed by atoms with Crippen molar-refractivity contribution < 1.29 is 14.3 Å². The summed E-state index contributed by atoms with van der Waals surface area (Å²) in [6, 6.07) is 0. The average molecular weight is 144 g/mol. The van der Waals surface area contributed by atoms with E-state index in [4.69, 9.17) is 9.47 Å². The van der Waals surface area contributed by atoms with Crippen LogP contribution in [-0.2, 0) is 14.3 Å². The maximum Gasteiger partial charge on any atom is 0.305 e. The fourth-order valence-electron chi connectivity index (χ4n) is 0.875. The van der Waals surface area contributed by atoms with Gasteiger partial charge in [-0.05, 0) is 0 Å². The highest BCUT2D eigenvalue weighted by Crippen LogP contribution is 2.08. The topological polar surface area (TPSA) is 35.5 Å². The van der Waals surface area contributed by atoms with E-state index in [1.165, 1.54) is 0 Å². The molecule has 0 spiro atoms. The fourth-order valence-corrected chi connectivity index (χ4v) is 0.875. The van der Waals surface area contributed by atoms with Crippen LogP contribution in [0.1, 0.15) is 19.8 Å². The van der Waals surface area contributed by atoms with E-state index in [0.717, 1.165) is 13.0 Å². The van der Waals surface area contributed by atoms with Crippen molar-refractivity contribution in [3.05, 3.63) is 0 Å². The van der Waals surface area contributed by atoms with Crippen molar-refractivity contribution in [2.75, 3.05) is 13.2 Å². The summed E-state index contributed by atoms with van der Waals surface area (Å²) >= 11 is 0. The summed E-state index contributed by atoms with van der Waals surface area (Å²) in [6.07, 6.45) is 1.33. The minimum atomic E-state index is -0.129. The summed E-state index contributed by atoms with van der Waals surface area (Å²) in [6.45, 7) is 3.09. The first-order valence-corrected chi connectivity index (χ1v) is 3.60. The van der Waals surface area contributed by atoms with E-state index in [2.05, 4.69) is 0 Å². The molecule has 0 unspecified atom stereocenters. The molecule has 1 aliphatic rings. The van der Waals surface area contributed by atoms with Crippen LogP contribution < -0.4 is 0 Å². The zero-order valence-corrected chi connectivity index (χ0v) is 6.13. The van der Waals surface area contributed by atoms with Crippen molar-refractivity contribution in [3.63, 3.8) is 0 Å². The fraction of sp³-hybridized carbons (Fsp3) is 0.857. The van der Waals surface area contributed by atoms with E-state index >= 15 is 0 Å². The summed E-state index contributed by atoms with van der Waals surface area (Å²) < 4.78 is 10.0. The molecule has 0 saturated carbocycles. The van der Waals surface area contributed by atoms with Crippen LogP contribution in [0.25, 0.3) is 0 Å². The Kier molecular flexibility index (Phi) is 2.68. The van der Waals surface area contributed by atoms with Crippen molar-refractivity contribution in [2.45, 2.75) is 25.9 Å². The second-order valence-corrected chi connectivity index (χ2v) is 2.33. The summed E-state index contributed by atoms with van der Waals surface area (Å²) in [5.74, 6) is -0.129. The Hall–Kier alpha value is -0.570. The van der Waals surface area contributed by atoms with Crippen LogP contribution in [-0.4, -0.2) is 25.3 Å². The van der Waals surface area contributed by atoms with Gasteiger partial charge in [0.15, 0.2) is 0 Å². The summed E-state index contributed by atoms with van der Waals surface area (Å²) in [5.41, 5.74) is 0. The first-order valence-electron chi connectivity index (χ1n) is 3.60. The van der Waals surface area contributed by atoms with Crippen LogP contribution in [0.15, 0.2) is 0 Å². The van der Waals surface area contributed by atoms with Gasteiger partial charge in [-0.15, -0.1) is 0 Å². The van der Waals surface area contributed by atoms with Gasteiger partial charge in [-0.25, -0.2) is 0 Å². The standard InChI is InChI=1S/C7H12O3/c1-2-7(8)10-6-3-4-9-5-6/h6H,2-5H2,1H3/t6-/m1/s1. The lowest BCUT2D eigenvalue weighted by molar-refractivity contribution is -0.148. The van der Waals surface area contributed by atoms with Gasteiger partial charge in [-0.3, -0.25) is 4.79 Å². The van der Waals surface area contributed by atoms with Gasteiger partial charge < -0.3 is 9.47 Å². The SMILES string of the molecule is CCC(=O)O[C@@H]1CCOC1. The van der Waals surface area contributed by atoms with E-state index in [0.29, 0.717) is 13.0 Å². The van der Waals surface area contributed by atoms with Crippen LogP contribution in [0.2, 0.25) is 0 Å². The van der Waals surface area contributed by atoms with Gasteiger partial charge in [0.05, 0.1) is 13.2 Å². The number of carbonyl (C=O) groups excluding carboxylic acids is 1. The minimum Gasteiger partial charge on any atom is -0.460 e. The van der Waals surface area contributed by atoms with Gasteiger partial charge in [0.1, 0.15) is 6.10 Å². The number of esters is 1. The van der Waals surface area contributed by atoms with Gasteiger partial charge in [0.2, 0.25) is 0 Å². The number of carbonyl (C=O) groups is 1.